The van der Waals surface area contributed by atoms with Gasteiger partial charge in [0.15, 0.2) is 0 Å². The fourth-order valence-electron chi connectivity index (χ4n) is 0. The number of hydrogen-bond acceptors (Lipinski definition) is 9. The van der Waals surface area contributed by atoms with Crippen LogP contribution < -0.4 is 25.1 Å². The normalized spacial score (nSPS) is 7.50. The van der Waals surface area contributed by atoms with Gasteiger partial charge in [-0.05, 0) is 0 Å². The minimum Gasteiger partial charge on any atom is 3.00 e. The second-order valence-corrected chi connectivity index (χ2v) is 3.18. The second-order valence-electron chi connectivity index (χ2n) is 0.612. The van der Waals surface area contributed by atoms with Crippen LogP contribution in [0.4, 0.5) is 0 Å². The van der Waals surface area contributed by atoms with Crippen molar-refractivity contribution in [2.45, 2.75) is 0 Å². The van der Waals surface area contributed by atoms with Gasteiger partial charge in [0.1, 0.15) is 0 Å². The summed E-state index contributed by atoms with van der Waals surface area (Å²) in [5.41, 5.74) is 0. The predicted molar refractivity (Wildman–Crippen MR) is 30.8 cm³/mol. The number of hydrogen-bond donors (Lipinski definition) is 0. The first kappa shape index (κ1) is 29.9. The first-order chi connectivity index (χ1) is 5.20. The molecule has 82 valence electrons. The molecule has 0 aromatic carbocycles. The van der Waals surface area contributed by atoms with Crippen molar-refractivity contribution in [2.24, 2.45) is 0 Å². The molecule has 0 spiro atoms. The van der Waals surface area contributed by atoms with Crippen LogP contribution in [0.15, 0.2) is 0 Å². The molecule has 14 heteroatoms. The van der Waals surface area contributed by atoms with Crippen LogP contribution in [0.5, 0.6) is 0 Å². The number of rotatable bonds is 0. The van der Waals surface area contributed by atoms with E-state index in [-0.39, 0.29) is 48.9 Å². The monoisotopic (exact) mass is 626 g/mol. The molecule has 14 heavy (non-hydrogen) atoms. The van der Waals surface area contributed by atoms with E-state index in [1.165, 1.54) is 0 Å². The summed E-state index contributed by atoms with van der Waals surface area (Å²) in [5.74, 6) is 0. The first-order valence-corrected chi connectivity index (χ1v) is 7.79. The molecule has 0 amide bonds. The van der Waals surface area contributed by atoms with Gasteiger partial charge >= 0.3 is 129 Å². The molecule has 0 N–H and O–H groups in total. The minimum atomic E-state index is -3.79. The Morgan fingerprint density at radius 2 is 0.500 bits per heavy atom. The zero-order chi connectivity index (χ0) is 10.7. The molecular formula is O9Sb2Se3. The van der Waals surface area contributed by atoms with Gasteiger partial charge in [0.05, 0.1) is 0 Å². The zero-order valence-corrected chi connectivity index (χ0v) is 16.0. The molecule has 0 aromatic heterocycles. The summed E-state index contributed by atoms with van der Waals surface area (Å²) in [6, 6.07) is 0. The van der Waals surface area contributed by atoms with Crippen molar-refractivity contribution in [3.63, 3.8) is 0 Å². The quantitative estimate of drug-likeness (QED) is 0.236. The molecule has 0 saturated carbocycles. The molecule has 0 aliphatic rings. The molecular weight excluding hydrogens is 624 g/mol. The van der Waals surface area contributed by atoms with Crippen LogP contribution in [0.2, 0.25) is 0 Å². The maximum Gasteiger partial charge on any atom is 3.00 e. The largest absolute Gasteiger partial charge is 3.00 e. The van der Waals surface area contributed by atoms with Gasteiger partial charge in [0.25, 0.3) is 0 Å². The van der Waals surface area contributed by atoms with Crippen LogP contribution in [-0.4, -0.2) is 92.3 Å². The Labute approximate surface area is 127 Å². The van der Waals surface area contributed by atoms with Gasteiger partial charge in [-0.15, -0.1) is 0 Å². The maximum atomic E-state index is 8.54. The van der Waals surface area contributed by atoms with Crippen molar-refractivity contribution < 1.29 is 36.6 Å². The molecule has 0 fully saturated rings. The van der Waals surface area contributed by atoms with Crippen LogP contribution in [0.25, 0.3) is 0 Å². The van der Waals surface area contributed by atoms with Crippen LogP contribution in [0.1, 0.15) is 0 Å². The Morgan fingerprint density at radius 3 is 0.500 bits per heavy atom. The van der Waals surface area contributed by atoms with Crippen molar-refractivity contribution in [2.75, 3.05) is 0 Å². The van der Waals surface area contributed by atoms with Gasteiger partial charge in [-0.25, -0.2) is 0 Å². The van der Waals surface area contributed by atoms with Crippen molar-refractivity contribution in [3.05, 3.63) is 0 Å². The summed E-state index contributed by atoms with van der Waals surface area (Å²) in [6.45, 7) is 0. The van der Waals surface area contributed by atoms with Gasteiger partial charge in [-0.1, -0.05) is 0 Å². The van der Waals surface area contributed by atoms with Crippen LogP contribution >= 0.6 is 0 Å². The zero-order valence-electron chi connectivity index (χ0n) is 5.79. The topological polar surface area (TPSA) is 190 Å². The van der Waals surface area contributed by atoms with E-state index in [2.05, 4.69) is 0 Å². The van der Waals surface area contributed by atoms with Crippen LogP contribution in [0.3, 0.4) is 0 Å². The smallest absolute Gasteiger partial charge is 3.00 e. The van der Waals surface area contributed by atoms with E-state index in [1.54, 1.807) is 0 Å². The van der Waals surface area contributed by atoms with Crippen molar-refractivity contribution in [1.82, 2.24) is 0 Å². The van der Waals surface area contributed by atoms with Crippen LogP contribution in [0, 0.1) is 0 Å². The van der Waals surface area contributed by atoms with Crippen molar-refractivity contribution >= 4 is 92.3 Å². The Kier molecular flexibility index (Phi) is 52.4. The summed E-state index contributed by atoms with van der Waals surface area (Å²) in [7, 11) is 0. The average molecular weight is 624 g/mol. The molecule has 0 aliphatic carbocycles. The molecule has 0 saturated heterocycles. The standard InChI is InChI=1S/3H2O3Se.2Sb/c3*1-4(2)3;;/h3*(H2,1,2,3);;/q;;;2*+3/p-6. The fourth-order valence-corrected chi connectivity index (χ4v) is 0. The summed E-state index contributed by atoms with van der Waals surface area (Å²) in [5, 5.41) is 0. The maximum absolute atomic E-state index is 8.54. The van der Waals surface area contributed by atoms with Crippen LogP contribution in [-0.2, 0) is 11.5 Å². The third-order valence-electron chi connectivity index (χ3n) is 0. The fraction of sp³-hybridized carbons (Fsp3) is 0. The average Bonchev–Trinajstić information content (AvgIpc) is 1.54. The molecule has 0 unspecified atom stereocenters. The third-order valence-corrected chi connectivity index (χ3v) is 0. The molecule has 0 aromatic rings. The molecule has 0 bridgehead atoms. The Bertz CT molecular complexity index is 116. The van der Waals surface area contributed by atoms with Crippen molar-refractivity contribution in [3.8, 4) is 0 Å². The van der Waals surface area contributed by atoms with E-state index in [0.717, 1.165) is 0 Å². The van der Waals surface area contributed by atoms with E-state index >= 15 is 0 Å². The minimum absolute atomic E-state index is 0. The molecule has 0 atom stereocenters. The van der Waals surface area contributed by atoms with E-state index in [4.69, 9.17) is 36.6 Å². The Hall–Kier alpha value is 2.35. The van der Waals surface area contributed by atoms with E-state index < -0.39 is 43.5 Å². The molecule has 0 rings (SSSR count). The Morgan fingerprint density at radius 1 is 0.500 bits per heavy atom. The van der Waals surface area contributed by atoms with E-state index in [1.807, 2.05) is 0 Å². The summed E-state index contributed by atoms with van der Waals surface area (Å²) in [6.07, 6.45) is 0. The molecule has 9 nitrogen and oxygen atoms in total. The van der Waals surface area contributed by atoms with Gasteiger partial charge in [-0.2, -0.15) is 0 Å². The van der Waals surface area contributed by atoms with Gasteiger partial charge in [0, 0.05) is 0 Å². The summed E-state index contributed by atoms with van der Waals surface area (Å²) >= 11 is -11.4. The predicted octanol–water partition coefficient (Wildman–Crippen LogP) is -9.39. The molecule has 0 heterocycles. The molecule has 0 aliphatic heterocycles. The van der Waals surface area contributed by atoms with Gasteiger partial charge in [-0.3, -0.25) is 0 Å². The first-order valence-electron chi connectivity index (χ1n) is 1.50. The van der Waals surface area contributed by atoms with Gasteiger partial charge in [0.2, 0.25) is 0 Å². The van der Waals surface area contributed by atoms with Gasteiger partial charge < -0.3 is 0 Å². The summed E-state index contributed by atoms with van der Waals surface area (Å²) < 4.78 is 76.9. The molecule has 4 radical (unpaired) electrons. The SMILES string of the molecule is O=[Se]([O-])[O-].O=[Se]([O-])[O-].O=[Se]([O-])[O-].[Sb+3].[Sb+3]. The van der Waals surface area contributed by atoms with E-state index in [0.29, 0.717) is 0 Å². The third kappa shape index (κ3) is 462. The second kappa shape index (κ2) is 24.5. The Balaban J connectivity index is -0.0000000270. The van der Waals surface area contributed by atoms with E-state index in [9.17, 15) is 0 Å². The summed E-state index contributed by atoms with van der Waals surface area (Å²) in [4.78, 5) is 0. The van der Waals surface area contributed by atoms with Crippen molar-refractivity contribution in [1.29, 1.82) is 0 Å².